The van der Waals surface area contributed by atoms with E-state index in [1.54, 1.807) is 24.3 Å². The number of esters is 2. The monoisotopic (exact) mass is 392 g/mol. The molecule has 0 aliphatic heterocycles. The SMILES string of the molecule is COC(=O)C1(C(=O)OC)c2cc(=O)oc3ccc4ccc5oc(=O)cc1c5c4c23. The van der Waals surface area contributed by atoms with Gasteiger partial charge < -0.3 is 18.3 Å². The summed E-state index contributed by atoms with van der Waals surface area (Å²) in [6.07, 6.45) is 0. The molecule has 29 heavy (non-hydrogen) atoms. The minimum absolute atomic E-state index is 0.0404. The van der Waals surface area contributed by atoms with Gasteiger partial charge in [-0.15, -0.1) is 0 Å². The zero-order valence-electron chi connectivity index (χ0n) is 15.2. The van der Waals surface area contributed by atoms with Gasteiger partial charge in [-0.3, -0.25) is 9.59 Å². The second-order valence-corrected chi connectivity index (χ2v) is 6.67. The number of carbonyl (C=O) groups excluding carboxylic acids is 2. The molecule has 2 aromatic carbocycles. The Bertz CT molecular complexity index is 1390. The Labute approximate surface area is 161 Å². The van der Waals surface area contributed by atoms with Crippen LogP contribution < -0.4 is 11.3 Å². The van der Waals surface area contributed by atoms with Crippen molar-refractivity contribution in [3.8, 4) is 0 Å². The van der Waals surface area contributed by atoms with Crippen LogP contribution in [0.5, 0.6) is 0 Å². The maximum atomic E-state index is 13.1. The molecule has 4 aromatic rings. The van der Waals surface area contributed by atoms with Gasteiger partial charge in [0, 0.05) is 39.4 Å². The molecule has 5 rings (SSSR count). The molecule has 144 valence electrons. The summed E-state index contributed by atoms with van der Waals surface area (Å²) in [7, 11) is 2.22. The largest absolute Gasteiger partial charge is 0.468 e. The second-order valence-electron chi connectivity index (χ2n) is 6.67. The Kier molecular flexibility index (Phi) is 3.28. The van der Waals surface area contributed by atoms with E-state index in [1.807, 2.05) is 0 Å². The number of rotatable bonds is 2. The van der Waals surface area contributed by atoms with Crippen molar-refractivity contribution in [1.82, 2.24) is 0 Å². The van der Waals surface area contributed by atoms with Gasteiger partial charge in [-0.2, -0.15) is 0 Å². The van der Waals surface area contributed by atoms with Gasteiger partial charge in [0.1, 0.15) is 11.2 Å². The molecular formula is C21H12O8. The van der Waals surface area contributed by atoms with Gasteiger partial charge in [0.05, 0.1) is 14.2 Å². The van der Waals surface area contributed by atoms with Gasteiger partial charge in [-0.1, -0.05) is 12.1 Å². The van der Waals surface area contributed by atoms with Crippen LogP contribution in [0.1, 0.15) is 11.1 Å². The van der Waals surface area contributed by atoms with Crippen molar-refractivity contribution in [1.29, 1.82) is 0 Å². The summed E-state index contributed by atoms with van der Waals surface area (Å²) in [6.45, 7) is 0. The van der Waals surface area contributed by atoms with Crippen molar-refractivity contribution >= 4 is 44.6 Å². The maximum absolute atomic E-state index is 13.1. The van der Waals surface area contributed by atoms with E-state index in [0.717, 1.165) is 31.7 Å². The molecule has 0 fully saturated rings. The third-order valence-electron chi connectivity index (χ3n) is 5.39. The first-order valence-corrected chi connectivity index (χ1v) is 8.58. The van der Waals surface area contributed by atoms with Crippen LogP contribution in [0.2, 0.25) is 0 Å². The van der Waals surface area contributed by atoms with Gasteiger partial charge in [-0.05, 0) is 17.5 Å². The average Bonchev–Trinajstić information content (AvgIpc) is 2.72. The minimum Gasteiger partial charge on any atom is -0.468 e. The first-order chi connectivity index (χ1) is 13.9. The second kappa shape index (κ2) is 5.54. The highest BCUT2D eigenvalue weighted by Crippen LogP contribution is 2.49. The van der Waals surface area contributed by atoms with E-state index in [1.165, 1.54) is 0 Å². The zero-order chi connectivity index (χ0) is 20.5. The number of hydrogen-bond donors (Lipinski definition) is 0. The lowest BCUT2D eigenvalue weighted by Gasteiger charge is -2.33. The third-order valence-corrected chi connectivity index (χ3v) is 5.39. The van der Waals surface area contributed by atoms with Crippen molar-refractivity contribution in [3.63, 3.8) is 0 Å². The van der Waals surface area contributed by atoms with Crippen LogP contribution in [0, 0.1) is 0 Å². The Morgan fingerprint density at radius 1 is 0.759 bits per heavy atom. The summed E-state index contributed by atoms with van der Waals surface area (Å²) in [5.41, 5.74) is -3.26. The van der Waals surface area contributed by atoms with Crippen LogP contribution in [0.25, 0.3) is 32.7 Å². The summed E-state index contributed by atoms with van der Waals surface area (Å²) in [5.74, 6) is -1.98. The predicted molar refractivity (Wildman–Crippen MR) is 101 cm³/mol. The van der Waals surface area contributed by atoms with E-state index in [2.05, 4.69) is 0 Å². The molecule has 2 aromatic heterocycles. The number of hydrogen-bond acceptors (Lipinski definition) is 8. The van der Waals surface area contributed by atoms with Gasteiger partial charge in [0.2, 0.25) is 5.41 Å². The van der Waals surface area contributed by atoms with Crippen LogP contribution >= 0.6 is 0 Å². The molecule has 1 aliphatic rings. The molecule has 0 amide bonds. The number of methoxy groups -OCH3 is 2. The van der Waals surface area contributed by atoms with Crippen LogP contribution in [-0.4, -0.2) is 26.2 Å². The fraction of sp³-hybridized carbons (Fsp3) is 0.143. The summed E-state index contributed by atoms with van der Waals surface area (Å²) in [5, 5.41) is 2.11. The molecule has 0 bridgehead atoms. The molecular weight excluding hydrogens is 380 g/mol. The van der Waals surface area contributed by atoms with Gasteiger partial charge in [0.15, 0.2) is 0 Å². The zero-order valence-corrected chi connectivity index (χ0v) is 15.2. The van der Waals surface area contributed by atoms with Crippen LogP contribution in [0.4, 0.5) is 0 Å². The molecule has 0 saturated carbocycles. The lowest BCUT2D eigenvalue weighted by molar-refractivity contribution is -0.159. The predicted octanol–water partition coefficient (Wildman–Crippen LogP) is 2.00. The topological polar surface area (TPSA) is 113 Å². The maximum Gasteiger partial charge on any atom is 0.336 e. The Morgan fingerprint density at radius 2 is 1.21 bits per heavy atom. The molecule has 1 aliphatic carbocycles. The highest BCUT2D eigenvalue weighted by Gasteiger charge is 2.56. The van der Waals surface area contributed by atoms with Crippen molar-refractivity contribution in [3.05, 3.63) is 68.4 Å². The number of carbonyl (C=O) groups is 2. The van der Waals surface area contributed by atoms with Crippen molar-refractivity contribution in [2.75, 3.05) is 14.2 Å². The van der Waals surface area contributed by atoms with Crippen LogP contribution in [0.3, 0.4) is 0 Å². The lowest BCUT2D eigenvalue weighted by Crippen LogP contribution is -2.48. The highest BCUT2D eigenvalue weighted by atomic mass is 16.5. The van der Waals surface area contributed by atoms with Gasteiger partial charge >= 0.3 is 23.2 Å². The third kappa shape index (κ3) is 1.92. The highest BCUT2D eigenvalue weighted by molar-refractivity contribution is 6.28. The standard InChI is InChI=1S/C21H12O8/c1-26-19(24)21(20(25)27-2)10-7-14(22)28-12-5-3-9-4-6-13-18(16(9)17(10)12)11(21)8-15(23)29-13/h3-8H,1-2H3. The van der Waals surface area contributed by atoms with E-state index in [-0.39, 0.29) is 22.3 Å². The first kappa shape index (κ1) is 17.2. The molecule has 0 N–H and O–H groups in total. The van der Waals surface area contributed by atoms with Gasteiger partial charge in [0.25, 0.3) is 0 Å². The number of benzene rings is 2. The lowest BCUT2D eigenvalue weighted by atomic mass is 9.68. The van der Waals surface area contributed by atoms with Crippen molar-refractivity contribution in [2.24, 2.45) is 0 Å². The van der Waals surface area contributed by atoms with E-state index < -0.39 is 28.6 Å². The fourth-order valence-electron chi connectivity index (χ4n) is 4.31. The van der Waals surface area contributed by atoms with Crippen molar-refractivity contribution in [2.45, 2.75) is 5.41 Å². The summed E-state index contributed by atoms with van der Waals surface area (Å²) < 4.78 is 20.6. The van der Waals surface area contributed by atoms with E-state index in [0.29, 0.717) is 16.2 Å². The average molecular weight is 392 g/mol. The Balaban J connectivity index is 2.22. The summed E-state index contributed by atoms with van der Waals surface area (Å²) in [6, 6.07) is 8.76. The van der Waals surface area contributed by atoms with Gasteiger partial charge in [-0.25, -0.2) is 9.59 Å². The smallest absolute Gasteiger partial charge is 0.336 e. The molecule has 8 heteroatoms. The quantitative estimate of drug-likeness (QED) is 0.220. The van der Waals surface area contributed by atoms with E-state index in [9.17, 15) is 19.2 Å². The minimum atomic E-state index is -2.19. The van der Waals surface area contributed by atoms with Crippen LogP contribution in [0.15, 0.2) is 54.8 Å². The molecule has 0 spiro atoms. The molecule has 0 atom stereocenters. The molecule has 0 saturated heterocycles. The summed E-state index contributed by atoms with van der Waals surface area (Å²) in [4.78, 5) is 50.8. The molecule has 0 unspecified atom stereocenters. The molecule has 2 heterocycles. The first-order valence-electron chi connectivity index (χ1n) is 8.58. The molecule has 0 radical (unpaired) electrons. The van der Waals surface area contributed by atoms with Crippen LogP contribution in [-0.2, 0) is 24.5 Å². The Morgan fingerprint density at radius 3 is 1.62 bits per heavy atom. The normalized spacial score (nSPS) is 14.0. The number of ether oxygens (including phenoxy) is 2. The summed E-state index contributed by atoms with van der Waals surface area (Å²) >= 11 is 0. The molecule has 8 nitrogen and oxygen atoms in total. The van der Waals surface area contributed by atoms with Crippen molar-refractivity contribution < 1.29 is 27.9 Å². The van der Waals surface area contributed by atoms with E-state index >= 15 is 0 Å². The van der Waals surface area contributed by atoms with E-state index in [4.69, 9.17) is 18.3 Å². The Hall–Kier alpha value is -3.94. The fourth-order valence-corrected chi connectivity index (χ4v) is 4.31.